The number of benzene rings is 3. The Morgan fingerprint density at radius 1 is 1.02 bits per heavy atom. The van der Waals surface area contributed by atoms with Gasteiger partial charge in [0.1, 0.15) is 17.6 Å². The highest BCUT2D eigenvalue weighted by Gasteiger charge is 2.32. The summed E-state index contributed by atoms with van der Waals surface area (Å²) in [5.41, 5.74) is 4.38. The minimum Gasteiger partial charge on any atom is -0.495 e. The number of ether oxygens (including phenoxy) is 1. The van der Waals surface area contributed by atoms with Gasteiger partial charge in [0.15, 0.2) is 0 Å². The van der Waals surface area contributed by atoms with Gasteiger partial charge < -0.3 is 35.1 Å². The van der Waals surface area contributed by atoms with Crippen LogP contribution in [0.25, 0.3) is 10.9 Å². The number of amides is 3. The molecule has 1 aromatic heterocycles. The number of para-hydroxylation sites is 1. The fourth-order valence-electron chi connectivity index (χ4n) is 5.64. The maximum atomic E-state index is 14.0. The van der Waals surface area contributed by atoms with Crippen LogP contribution in [0.4, 0.5) is 20.6 Å². The average molecular weight is 587 g/mol. The van der Waals surface area contributed by atoms with E-state index in [2.05, 4.69) is 20.5 Å². The maximum absolute atomic E-state index is 14.0. The van der Waals surface area contributed by atoms with Gasteiger partial charge in [0.2, 0.25) is 5.91 Å². The van der Waals surface area contributed by atoms with E-state index in [-0.39, 0.29) is 23.7 Å². The first-order valence-corrected chi connectivity index (χ1v) is 14.5. The van der Waals surface area contributed by atoms with Gasteiger partial charge in [-0.05, 0) is 67.7 Å². The summed E-state index contributed by atoms with van der Waals surface area (Å²) < 4.78 is 18.9. The molecule has 1 aliphatic heterocycles. The van der Waals surface area contributed by atoms with Gasteiger partial charge in [-0.1, -0.05) is 31.2 Å². The van der Waals surface area contributed by atoms with E-state index in [0.717, 1.165) is 27.7 Å². The zero-order valence-electron chi connectivity index (χ0n) is 25.1. The molecule has 1 saturated heterocycles. The van der Waals surface area contributed by atoms with Crippen LogP contribution in [0.5, 0.6) is 5.75 Å². The zero-order valence-corrected chi connectivity index (χ0v) is 25.1. The first-order valence-electron chi connectivity index (χ1n) is 14.5. The second kappa shape index (κ2) is 13.2. The van der Waals surface area contributed by atoms with Crippen LogP contribution in [-0.4, -0.2) is 80.1 Å². The Bertz CT molecular complexity index is 1560. The van der Waals surface area contributed by atoms with Gasteiger partial charge in [-0.25, -0.2) is 9.18 Å². The van der Waals surface area contributed by atoms with Crippen molar-refractivity contribution in [2.45, 2.75) is 25.4 Å². The Kier molecular flexibility index (Phi) is 9.16. The lowest BCUT2D eigenvalue weighted by atomic mass is 9.92. The highest BCUT2D eigenvalue weighted by atomic mass is 19.1. The largest absolute Gasteiger partial charge is 0.495 e. The van der Waals surface area contributed by atoms with E-state index in [1.165, 1.54) is 12.1 Å². The lowest BCUT2D eigenvalue weighted by Gasteiger charge is -2.37. The van der Waals surface area contributed by atoms with Crippen LogP contribution in [0, 0.1) is 5.82 Å². The molecule has 1 fully saturated rings. The third-order valence-electron chi connectivity index (χ3n) is 7.95. The van der Waals surface area contributed by atoms with Crippen molar-refractivity contribution < 1.29 is 18.7 Å². The Morgan fingerprint density at radius 2 is 1.74 bits per heavy atom. The van der Waals surface area contributed by atoms with E-state index in [9.17, 15) is 14.0 Å². The summed E-state index contributed by atoms with van der Waals surface area (Å²) in [6.45, 7) is 4.79. The molecule has 2 heterocycles. The Hall–Kier alpha value is -4.57. The predicted molar refractivity (Wildman–Crippen MR) is 168 cm³/mol. The molecule has 0 radical (unpaired) electrons. The molecule has 0 spiro atoms. The van der Waals surface area contributed by atoms with Crippen molar-refractivity contribution in [2.24, 2.45) is 0 Å². The number of nitrogens with zero attached hydrogens (tertiary/aromatic N) is 3. The summed E-state index contributed by atoms with van der Waals surface area (Å²) in [6.07, 6.45) is 1.90. The average Bonchev–Trinajstić information content (AvgIpc) is 3.44. The SMILES string of the molecule is COc1ccc(CN(C)C)cc1NC(=O)[C@H](NC(=O)N1CCN(c2ccc(F)cc2)CC1)[C@H](C)c1c[nH]c2ccccc12. The van der Waals surface area contributed by atoms with Crippen molar-refractivity contribution in [3.05, 3.63) is 89.9 Å². The predicted octanol–water partition coefficient (Wildman–Crippen LogP) is 5.02. The summed E-state index contributed by atoms with van der Waals surface area (Å²) in [4.78, 5) is 36.8. The number of methoxy groups -OCH3 is 1. The summed E-state index contributed by atoms with van der Waals surface area (Å²) in [5, 5.41) is 7.09. The van der Waals surface area contributed by atoms with E-state index in [1.807, 2.05) is 74.6 Å². The van der Waals surface area contributed by atoms with Gasteiger partial charge in [0, 0.05) is 61.4 Å². The molecule has 1 aliphatic rings. The number of carbonyl (C=O) groups excluding carboxylic acids is 2. The number of aromatic nitrogens is 1. The molecule has 0 unspecified atom stereocenters. The number of aromatic amines is 1. The quantitative estimate of drug-likeness (QED) is 0.256. The number of H-pyrrole nitrogens is 1. The lowest BCUT2D eigenvalue weighted by Crippen LogP contribution is -2.56. The second-order valence-corrected chi connectivity index (χ2v) is 11.2. The van der Waals surface area contributed by atoms with Crippen molar-refractivity contribution in [3.63, 3.8) is 0 Å². The van der Waals surface area contributed by atoms with Gasteiger partial charge in [-0.2, -0.15) is 0 Å². The van der Waals surface area contributed by atoms with Gasteiger partial charge >= 0.3 is 6.03 Å². The number of hydrogen-bond donors (Lipinski definition) is 3. The van der Waals surface area contributed by atoms with Crippen LogP contribution >= 0.6 is 0 Å². The highest BCUT2D eigenvalue weighted by Crippen LogP contribution is 2.31. The van der Waals surface area contributed by atoms with Crippen molar-refractivity contribution >= 4 is 34.2 Å². The topological polar surface area (TPSA) is 92.9 Å². The monoisotopic (exact) mass is 586 g/mol. The number of hydrogen-bond acceptors (Lipinski definition) is 5. The van der Waals surface area contributed by atoms with Crippen molar-refractivity contribution in [2.75, 3.05) is 57.6 Å². The van der Waals surface area contributed by atoms with E-state index in [0.29, 0.717) is 44.2 Å². The van der Waals surface area contributed by atoms with E-state index in [4.69, 9.17) is 4.74 Å². The number of piperazine rings is 1. The number of halogens is 1. The molecular formula is C33H39FN6O3. The summed E-state index contributed by atoms with van der Waals surface area (Å²) in [5.74, 6) is -0.428. The number of anilines is 2. The van der Waals surface area contributed by atoms with Crippen LogP contribution in [0.15, 0.2) is 72.9 Å². The summed E-state index contributed by atoms with van der Waals surface area (Å²) >= 11 is 0. The molecule has 2 atom stereocenters. The van der Waals surface area contributed by atoms with Gasteiger partial charge in [-0.15, -0.1) is 0 Å². The molecule has 0 saturated carbocycles. The smallest absolute Gasteiger partial charge is 0.318 e. The molecule has 43 heavy (non-hydrogen) atoms. The van der Waals surface area contributed by atoms with E-state index in [1.54, 1.807) is 24.1 Å². The van der Waals surface area contributed by atoms with Crippen LogP contribution < -0.4 is 20.3 Å². The summed E-state index contributed by atoms with van der Waals surface area (Å²) in [7, 11) is 5.53. The van der Waals surface area contributed by atoms with Crippen molar-refractivity contribution in [1.82, 2.24) is 20.1 Å². The molecule has 4 aromatic rings. The molecule has 0 bridgehead atoms. The van der Waals surface area contributed by atoms with E-state index >= 15 is 0 Å². The normalized spacial score (nSPS) is 14.9. The van der Waals surface area contributed by atoms with Crippen LogP contribution in [0.1, 0.15) is 24.0 Å². The first-order chi connectivity index (χ1) is 20.7. The van der Waals surface area contributed by atoms with E-state index < -0.39 is 6.04 Å². The van der Waals surface area contributed by atoms with Crippen molar-refractivity contribution in [3.8, 4) is 5.75 Å². The van der Waals surface area contributed by atoms with Crippen LogP contribution in [0.2, 0.25) is 0 Å². The van der Waals surface area contributed by atoms with Gasteiger partial charge in [0.05, 0.1) is 12.8 Å². The Balaban J connectivity index is 1.37. The second-order valence-electron chi connectivity index (χ2n) is 11.2. The Morgan fingerprint density at radius 3 is 2.44 bits per heavy atom. The molecular weight excluding hydrogens is 547 g/mol. The summed E-state index contributed by atoms with van der Waals surface area (Å²) in [6, 6.07) is 18.8. The van der Waals surface area contributed by atoms with Crippen LogP contribution in [0.3, 0.4) is 0 Å². The fourth-order valence-corrected chi connectivity index (χ4v) is 5.64. The standard InChI is InChI=1S/C33H39FN6O3/c1-22(27-20-35-28-8-6-5-7-26(27)28)31(32(41)36-29-19-23(21-38(2)3)9-14-30(29)43-4)37-33(42)40-17-15-39(16-18-40)25-12-10-24(34)11-13-25/h5-14,19-20,22,31,35H,15-18,21H2,1-4H3,(H,36,41)(H,37,42)/t22-,31-/m1/s1. The Labute approximate surface area is 251 Å². The third kappa shape index (κ3) is 6.91. The number of carbonyl (C=O) groups is 2. The highest BCUT2D eigenvalue weighted by molar-refractivity contribution is 5.99. The van der Waals surface area contributed by atoms with Gasteiger partial charge in [0.25, 0.3) is 0 Å². The molecule has 226 valence electrons. The number of rotatable bonds is 9. The zero-order chi connectivity index (χ0) is 30.5. The minimum absolute atomic E-state index is 0.280. The number of nitrogens with one attached hydrogen (secondary N) is 3. The van der Waals surface area contributed by atoms with Gasteiger partial charge in [-0.3, -0.25) is 4.79 Å². The molecule has 10 heteroatoms. The van der Waals surface area contributed by atoms with Crippen LogP contribution in [-0.2, 0) is 11.3 Å². The fraction of sp³-hybridized carbons (Fsp3) is 0.333. The van der Waals surface area contributed by atoms with Crippen molar-refractivity contribution in [1.29, 1.82) is 0 Å². The minimum atomic E-state index is -0.871. The number of fused-ring (bicyclic) bond motifs is 1. The first kappa shape index (κ1) is 29.9. The molecule has 5 rings (SSSR count). The number of urea groups is 1. The lowest BCUT2D eigenvalue weighted by molar-refractivity contribution is -0.118. The molecule has 3 amide bonds. The maximum Gasteiger partial charge on any atom is 0.318 e. The molecule has 3 N–H and O–H groups in total. The molecule has 0 aliphatic carbocycles. The molecule has 9 nitrogen and oxygen atoms in total. The molecule has 3 aromatic carbocycles. The third-order valence-corrected chi connectivity index (χ3v) is 7.95.